The Kier molecular flexibility index (Phi) is 5.22. The SMILES string of the molecule is COc1ccc(OC)c2c1C[C@@](O)(C1(C)OCCO1)CC2OCCO. The lowest BCUT2D eigenvalue weighted by atomic mass is 9.73. The molecule has 1 saturated heterocycles. The summed E-state index contributed by atoms with van der Waals surface area (Å²) in [6.45, 7) is 2.66. The van der Waals surface area contributed by atoms with Gasteiger partial charge in [-0.15, -0.1) is 0 Å². The van der Waals surface area contributed by atoms with Crippen molar-refractivity contribution in [3.8, 4) is 11.5 Å². The van der Waals surface area contributed by atoms with Crippen LogP contribution in [0.3, 0.4) is 0 Å². The molecule has 7 heteroatoms. The number of hydrogen-bond donors (Lipinski definition) is 2. The largest absolute Gasteiger partial charge is 0.496 e. The first-order chi connectivity index (χ1) is 12.0. The van der Waals surface area contributed by atoms with E-state index in [1.807, 2.05) is 12.1 Å². The fraction of sp³-hybridized carbons (Fsp3) is 0.667. The first-order valence-corrected chi connectivity index (χ1v) is 8.44. The molecule has 0 amide bonds. The van der Waals surface area contributed by atoms with Crippen LogP contribution in [0.1, 0.15) is 30.6 Å². The van der Waals surface area contributed by atoms with Gasteiger partial charge in [-0.3, -0.25) is 0 Å². The highest BCUT2D eigenvalue weighted by molar-refractivity contribution is 5.52. The zero-order valence-electron chi connectivity index (χ0n) is 14.9. The molecule has 3 rings (SSSR count). The summed E-state index contributed by atoms with van der Waals surface area (Å²) in [4.78, 5) is 0. The maximum Gasteiger partial charge on any atom is 0.195 e. The summed E-state index contributed by atoms with van der Waals surface area (Å²) >= 11 is 0. The molecule has 0 spiro atoms. The highest BCUT2D eigenvalue weighted by Crippen LogP contribution is 2.50. The maximum absolute atomic E-state index is 11.4. The summed E-state index contributed by atoms with van der Waals surface area (Å²) in [7, 11) is 3.18. The molecular weight excluding hydrogens is 328 g/mol. The van der Waals surface area contributed by atoms with Crippen molar-refractivity contribution in [3.05, 3.63) is 23.3 Å². The van der Waals surface area contributed by atoms with Crippen molar-refractivity contribution in [1.82, 2.24) is 0 Å². The Balaban J connectivity index is 2.08. The highest BCUT2D eigenvalue weighted by Gasteiger charge is 2.56. The van der Waals surface area contributed by atoms with E-state index in [-0.39, 0.29) is 26.1 Å². The summed E-state index contributed by atoms with van der Waals surface area (Å²) in [6, 6.07) is 3.63. The van der Waals surface area contributed by atoms with Crippen LogP contribution >= 0.6 is 0 Å². The number of rotatable bonds is 6. The molecule has 1 aliphatic heterocycles. The van der Waals surface area contributed by atoms with Crippen LogP contribution in [0.4, 0.5) is 0 Å². The van der Waals surface area contributed by atoms with Crippen LogP contribution in [-0.4, -0.2) is 62.2 Å². The number of ether oxygens (including phenoxy) is 5. The van der Waals surface area contributed by atoms with Crippen molar-refractivity contribution in [2.75, 3.05) is 40.6 Å². The Morgan fingerprint density at radius 1 is 1.16 bits per heavy atom. The molecule has 2 aliphatic rings. The summed E-state index contributed by atoms with van der Waals surface area (Å²) in [5, 5.41) is 20.6. The Bertz CT molecular complexity index is 612. The normalized spacial score (nSPS) is 27.8. The van der Waals surface area contributed by atoms with Gasteiger partial charge in [-0.2, -0.15) is 0 Å². The van der Waals surface area contributed by atoms with Crippen LogP contribution in [0.25, 0.3) is 0 Å². The summed E-state index contributed by atoms with van der Waals surface area (Å²) < 4.78 is 28.3. The molecule has 1 heterocycles. The van der Waals surface area contributed by atoms with Gasteiger partial charge in [0.1, 0.15) is 17.1 Å². The number of methoxy groups -OCH3 is 2. The van der Waals surface area contributed by atoms with Crippen molar-refractivity contribution in [2.45, 2.75) is 37.3 Å². The molecule has 1 aromatic carbocycles. The van der Waals surface area contributed by atoms with Crippen LogP contribution in [0.15, 0.2) is 12.1 Å². The Morgan fingerprint density at radius 3 is 2.40 bits per heavy atom. The lowest BCUT2D eigenvalue weighted by Gasteiger charge is -2.46. The number of hydrogen-bond acceptors (Lipinski definition) is 7. The van der Waals surface area contributed by atoms with Crippen molar-refractivity contribution in [3.63, 3.8) is 0 Å². The zero-order valence-corrected chi connectivity index (χ0v) is 14.9. The van der Waals surface area contributed by atoms with E-state index in [9.17, 15) is 10.2 Å². The second-order valence-electron chi connectivity index (χ2n) is 6.50. The van der Waals surface area contributed by atoms with Gasteiger partial charge in [0.15, 0.2) is 5.79 Å². The smallest absolute Gasteiger partial charge is 0.195 e. The third-order valence-corrected chi connectivity index (χ3v) is 5.12. The predicted molar refractivity (Wildman–Crippen MR) is 88.9 cm³/mol. The van der Waals surface area contributed by atoms with Crippen LogP contribution in [-0.2, 0) is 20.6 Å². The lowest BCUT2D eigenvalue weighted by molar-refractivity contribution is -0.271. The average Bonchev–Trinajstić information content (AvgIpc) is 3.07. The molecule has 7 nitrogen and oxygen atoms in total. The molecule has 2 N–H and O–H groups in total. The van der Waals surface area contributed by atoms with E-state index in [0.717, 1.165) is 11.1 Å². The second kappa shape index (κ2) is 7.09. The predicted octanol–water partition coefficient (Wildman–Crippen LogP) is 1.19. The van der Waals surface area contributed by atoms with Gasteiger partial charge in [-0.25, -0.2) is 0 Å². The summed E-state index contributed by atoms with van der Waals surface area (Å²) in [6.07, 6.45) is 0.0775. The molecule has 1 aromatic rings. The van der Waals surface area contributed by atoms with Crippen LogP contribution < -0.4 is 9.47 Å². The van der Waals surface area contributed by atoms with Gasteiger partial charge in [0.05, 0.1) is 46.8 Å². The number of benzene rings is 1. The molecule has 1 fully saturated rings. The number of aliphatic hydroxyl groups is 2. The maximum atomic E-state index is 11.4. The molecule has 25 heavy (non-hydrogen) atoms. The fourth-order valence-corrected chi connectivity index (χ4v) is 3.77. The zero-order chi connectivity index (χ0) is 18.1. The Hall–Kier alpha value is -1.38. The number of aliphatic hydroxyl groups excluding tert-OH is 1. The van der Waals surface area contributed by atoms with Gasteiger partial charge >= 0.3 is 0 Å². The van der Waals surface area contributed by atoms with E-state index in [1.165, 1.54) is 0 Å². The number of fused-ring (bicyclic) bond motifs is 1. The van der Waals surface area contributed by atoms with E-state index in [2.05, 4.69) is 0 Å². The molecule has 1 aliphatic carbocycles. The minimum atomic E-state index is -1.30. The van der Waals surface area contributed by atoms with E-state index in [1.54, 1.807) is 21.1 Å². The van der Waals surface area contributed by atoms with Gasteiger partial charge in [0, 0.05) is 24.0 Å². The minimum absolute atomic E-state index is 0.110. The molecule has 140 valence electrons. The van der Waals surface area contributed by atoms with Gasteiger partial charge in [0.25, 0.3) is 0 Å². The Morgan fingerprint density at radius 2 is 1.80 bits per heavy atom. The molecule has 0 saturated carbocycles. The topological polar surface area (TPSA) is 86.6 Å². The molecule has 2 atom stereocenters. The quantitative estimate of drug-likeness (QED) is 0.794. The third-order valence-electron chi connectivity index (χ3n) is 5.12. The first kappa shape index (κ1) is 18.4. The van der Waals surface area contributed by atoms with Crippen molar-refractivity contribution >= 4 is 0 Å². The minimum Gasteiger partial charge on any atom is -0.496 e. The van der Waals surface area contributed by atoms with Gasteiger partial charge in [-0.05, 0) is 19.1 Å². The van der Waals surface area contributed by atoms with E-state index in [0.29, 0.717) is 24.7 Å². The monoisotopic (exact) mass is 354 g/mol. The van der Waals surface area contributed by atoms with Crippen molar-refractivity contribution < 1.29 is 33.9 Å². The van der Waals surface area contributed by atoms with Gasteiger partial charge in [-0.1, -0.05) is 0 Å². The fourth-order valence-electron chi connectivity index (χ4n) is 3.77. The second-order valence-corrected chi connectivity index (χ2v) is 6.50. The van der Waals surface area contributed by atoms with E-state index >= 15 is 0 Å². The molecule has 0 aromatic heterocycles. The van der Waals surface area contributed by atoms with Crippen LogP contribution in [0, 0.1) is 0 Å². The summed E-state index contributed by atoms with van der Waals surface area (Å²) in [5.74, 6) is 0.187. The Labute approximate surface area is 147 Å². The van der Waals surface area contributed by atoms with Gasteiger partial charge < -0.3 is 33.9 Å². The molecule has 0 radical (unpaired) electrons. The van der Waals surface area contributed by atoms with Crippen LogP contribution in [0.2, 0.25) is 0 Å². The standard InChI is InChI=1S/C18H26O7/c1-17(24-8-9-25-17)18(20)10-12-13(21-2)4-5-14(22-3)16(12)15(11-18)23-7-6-19/h4-5,15,19-20H,6-11H2,1-3H3/t15?,18-/m0/s1. The van der Waals surface area contributed by atoms with E-state index in [4.69, 9.17) is 23.7 Å². The molecule has 0 bridgehead atoms. The van der Waals surface area contributed by atoms with Crippen molar-refractivity contribution in [1.29, 1.82) is 0 Å². The molecular formula is C18H26O7. The summed E-state index contributed by atoms with van der Waals surface area (Å²) in [5.41, 5.74) is 0.344. The first-order valence-electron chi connectivity index (χ1n) is 8.44. The third kappa shape index (κ3) is 3.11. The van der Waals surface area contributed by atoms with Crippen molar-refractivity contribution in [2.24, 2.45) is 0 Å². The highest BCUT2D eigenvalue weighted by atomic mass is 16.7. The average molecular weight is 354 g/mol. The van der Waals surface area contributed by atoms with Crippen LogP contribution in [0.5, 0.6) is 11.5 Å². The molecule has 1 unspecified atom stereocenters. The lowest BCUT2D eigenvalue weighted by Crippen LogP contribution is -2.57. The van der Waals surface area contributed by atoms with Gasteiger partial charge in [0.2, 0.25) is 0 Å². The van der Waals surface area contributed by atoms with E-state index < -0.39 is 17.5 Å².